The lowest BCUT2D eigenvalue weighted by Crippen LogP contribution is -2.12. The predicted octanol–water partition coefficient (Wildman–Crippen LogP) is 2.72. The number of rotatable bonds is 3. The summed E-state index contributed by atoms with van der Waals surface area (Å²) in [6.07, 6.45) is 0. The Morgan fingerprint density at radius 1 is 1.35 bits per heavy atom. The van der Waals surface area contributed by atoms with Crippen molar-refractivity contribution in [2.45, 2.75) is 26.7 Å². The Kier molecular flexibility index (Phi) is 3.74. The van der Waals surface area contributed by atoms with Crippen molar-refractivity contribution in [3.05, 3.63) is 45.8 Å². The van der Waals surface area contributed by atoms with Crippen molar-refractivity contribution in [2.24, 2.45) is 0 Å². The van der Waals surface area contributed by atoms with Gasteiger partial charge in [0.25, 0.3) is 5.56 Å². The first kappa shape index (κ1) is 14.0. The molecule has 1 aromatic carbocycles. The maximum atomic E-state index is 13.8. The second-order valence-electron chi connectivity index (χ2n) is 4.86. The van der Waals surface area contributed by atoms with E-state index in [1.54, 1.807) is 6.92 Å². The number of H-pyrrole nitrogens is 1. The van der Waals surface area contributed by atoms with Crippen LogP contribution in [0.4, 0.5) is 10.1 Å². The van der Waals surface area contributed by atoms with Crippen molar-refractivity contribution in [1.29, 1.82) is 0 Å². The quantitative estimate of drug-likeness (QED) is 0.845. The Morgan fingerprint density at radius 3 is 2.70 bits per heavy atom. The van der Waals surface area contributed by atoms with Crippen LogP contribution < -0.4 is 16.0 Å². The molecule has 0 saturated carbocycles. The lowest BCUT2D eigenvalue weighted by molar-refractivity contribution is 0.422. The van der Waals surface area contributed by atoms with Crippen LogP contribution in [0.2, 0.25) is 0 Å². The van der Waals surface area contributed by atoms with Crippen molar-refractivity contribution in [3.8, 4) is 11.6 Å². The number of nitrogen functional groups attached to an aromatic ring is 1. The zero-order valence-corrected chi connectivity index (χ0v) is 11.5. The highest BCUT2D eigenvalue weighted by molar-refractivity contribution is 5.50. The summed E-state index contributed by atoms with van der Waals surface area (Å²) in [5, 5.41) is 0. The number of nitrogens with zero attached hydrogens (tertiary/aromatic N) is 1. The molecule has 0 aliphatic carbocycles. The van der Waals surface area contributed by atoms with E-state index >= 15 is 0 Å². The van der Waals surface area contributed by atoms with Gasteiger partial charge < -0.3 is 15.5 Å². The van der Waals surface area contributed by atoms with E-state index in [2.05, 4.69) is 9.97 Å². The van der Waals surface area contributed by atoms with E-state index in [9.17, 15) is 9.18 Å². The smallest absolute Gasteiger partial charge is 0.254 e. The Bertz CT molecular complexity index is 695. The second-order valence-corrected chi connectivity index (χ2v) is 4.86. The molecule has 2 aromatic rings. The number of hydrogen-bond donors (Lipinski definition) is 2. The molecule has 6 heteroatoms. The van der Waals surface area contributed by atoms with Gasteiger partial charge in [0.05, 0.1) is 6.07 Å². The minimum atomic E-state index is -0.596. The third kappa shape index (κ3) is 2.96. The summed E-state index contributed by atoms with van der Waals surface area (Å²) in [5.41, 5.74) is 6.30. The minimum absolute atomic E-state index is 0.00972. The summed E-state index contributed by atoms with van der Waals surface area (Å²) in [6, 6.07) is 3.83. The third-order valence-corrected chi connectivity index (χ3v) is 2.82. The maximum Gasteiger partial charge on any atom is 0.254 e. The molecule has 0 saturated heterocycles. The van der Waals surface area contributed by atoms with Crippen molar-refractivity contribution in [3.63, 3.8) is 0 Å². The summed E-state index contributed by atoms with van der Waals surface area (Å²) in [4.78, 5) is 18.3. The van der Waals surface area contributed by atoms with Gasteiger partial charge in [0, 0.05) is 17.7 Å². The molecule has 1 heterocycles. The SMILES string of the molecule is Cc1cc(Oc2cc(=O)[nH]c(C(C)C)n2)c(F)cc1N. The van der Waals surface area contributed by atoms with Crippen LogP contribution in [0.3, 0.4) is 0 Å². The van der Waals surface area contributed by atoms with Crippen LogP contribution in [0.15, 0.2) is 23.0 Å². The van der Waals surface area contributed by atoms with Gasteiger partial charge in [-0.2, -0.15) is 4.98 Å². The van der Waals surface area contributed by atoms with Gasteiger partial charge in [0.2, 0.25) is 5.88 Å². The van der Waals surface area contributed by atoms with Crippen LogP contribution in [0.1, 0.15) is 31.2 Å². The monoisotopic (exact) mass is 277 g/mol. The van der Waals surface area contributed by atoms with Crippen LogP contribution in [0.5, 0.6) is 11.6 Å². The van der Waals surface area contributed by atoms with Gasteiger partial charge in [-0.1, -0.05) is 13.8 Å². The van der Waals surface area contributed by atoms with Crippen LogP contribution in [-0.4, -0.2) is 9.97 Å². The summed E-state index contributed by atoms with van der Waals surface area (Å²) >= 11 is 0. The average Bonchev–Trinajstić information content (AvgIpc) is 2.35. The highest BCUT2D eigenvalue weighted by atomic mass is 19.1. The first-order valence-corrected chi connectivity index (χ1v) is 6.21. The molecule has 0 aliphatic heterocycles. The number of nitrogens with two attached hydrogens (primary N) is 1. The Morgan fingerprint density at radius 2 is 2.05 bits per heavy atom. The van der Waals surface area contributed by atoms with Gasteiger partial charge >= 0.3 is 0 Å². The number of benzene rings is 1. The molecule has 5 nitrogen and oxygen atoms in total. The molecule has 0 unspecified atom stereocenters. The molecule has 0 radical (unpaired) electrons. The van der Waals surface area contributed by atoms with Gasteiger partial charge in [-0.05, 0) is 18.6 Å². The van der Waals surface area contributed by atoms with Crippen LogP contribution in [0, 0.1) is 12.7 Å². The fraction of sp³-hybridized carbons (Fsp3) is 0.286. The molecule has 1 aromatic heterocycles. The van der Waals surface area contributed by atoms with E-state index in [1.165, 1.54) is 18.2 Å². The highest BCUT2D eigenvalue weighted by Gasteiger charge is 2.11. The first-order valence-electron chi connectivity index (χ1n) is 6.21. The molecule has 0 spiro atoms. The van der Waals surface area contributed by atoms with Gasteiger partial charge in [0.1, 0.15) is 5.82 Å². The molecule has 20 heavy (non-hydrogen) atoms. The van der Waals surface area contributed by atoms with Crippen LogP contribution in [0.25, 0.3) is 0 Å². The number of aromatic nitrogens is 2. The average molecular weight is 277 g/mol. The summed E-state index contributed by atoms with van der Waals surface area (Å²) in [6.45, 7) is 5.51. The highest BCUT2D eigenvalue weighted by Crippen LogP contribution is 2.27. The van der Waals surface area contributed by atoms with Gasteiger partial charge in [0.15, 0.2) is 11.6 Å². The van der Waals surface area contributed by atoms with E-state index in [4.69, 9.17) is 10.5 Å². The minimum Gasteiger partial charge on any atom is -0.436 e. The van der Waals surface area contributed by atoms with E-state index < -0.39 is 5.82 Å². The van der Waals surface area contributed by atoms with Crippen LogP contribution >= 0.6 is 0 Å². The Hall–Kier alpha value is -2.37. The second kappa shape index (κ2) is 5.32. The van der Waals surface area contributed by atoms with Crippen molar-refractivity contribution >= 4 is 5.69 Å². The van der Waals surface area contributed by atoms with Crippen molar-refractivity contribution in [2.75, 3.05) is 5.73 Å². The molecule has 3 N–H and O–H groups in total. The van der Waals surface area contributed by atoms with Crippen LogP contribution in [-0.2, 0) is 0 Å². The maximum absolute atomic E-state index is 13.8. The van der Waals surface area contributed by atoms with Gasteiger partial charge in [-0.25, -0.2) is 4.39 Å². The first-order chi connectivity index (χ1) is 9.36. The number of halogens is 1. The number of aromatic amines is 1. The van der Waals surface area contributed by atoms with E-state index in [0.717, 1.165) is 0 Å². The lowest BCUT2D eigenvalue weighted by atomic mass is 10.2. The predicted molar refractivity (Wildman–Crippen MR) is 74.6 cm³/mol. The summed E-state index contributed by atoms with van der Waals surface area (Å²) in [7, 11) is 0. The normalized spacial score (nSPS) is 10.8. The standard InChI is InChI=1S/C14H16FN3O2/c1-7(2)14-17-12(19)6-13(18-14)20-11-4-8(3)10(16)5-9(11)15/h4-7H,16H2,1-3H3,(H,17,18,19). The molecule has 0 fully saturated rings. The van der Waals surface area contributed by atoms with E-state index in [0.29, 0.717) is 17.1 Å². The fourth-order valence-electron chi connectivity index (χ4n) is 1.64. The number of aryl methyl sites for hydroxylation is 1. The molecule has 0 amide bonds. The summed E-state index contributed by atoms with van der Waals surface area (Å²) in [5.74, 6) is -0.0318. The fourth-order valence-corrected chi connectivity index (χ4v) is 1.64. The topological polar surface area (TPSA) is 81.0 Å². The van der Waals surface area contributed by atoms with Gasteiger partial charge in [-0.15, -0.1) is 0 Å². The Balaban J connectivity index is 2.40. The van der Waals surface area contributed by atoms with Crippen molar-refractivity contribution < 1.29 is 9.13 Å². The van der Waals surface area contributed by atoms with Gasteiger partial charge in [-0.3, -0.25) is 4.79 Å². The third-order valence-electron chi connectivity index (χ3n) is 2.82. The molecule has 0 bridgehead atoms. The zero-order chi connectivity index (χ0) is 14.9. The van der Waals surface area contributed by atoms with Crippen molar-refractivity contribution in [1.82, 2.24) is 9.97 Å². The molecule has 106 valence electrons. The van der Waals surface area contributed by atoms with E-state index in [1.807, 2.05) is 13.8 Å². The Labute approximate surface area is 115 Å². The zero-order valence-electron chi connectivity index (χ0n) is 11.5. The number of ether oxygens (including phenoxy) is 1. The molecule has 0 aliphatic rings. The molecular weight excluding hydrogens is 261 g/mol. The number of nitrogens with one attached hydrogen (secondary N) is 1. The number of anilines is 1. The summed E-state index contributed by atoms with van der Waals surface area (Å²) < 4.78 is 19.1. The van der Waals surface area contributed by atoms with E-state index in [-0.39, 0.29) is 23.1 Å². The lowest BCUT2D eigenvalue weighted by Gasteiger charge is -2.10. The molecule has 0 atom stereocenters. The molecule has 2 rings (SSSR count). The number of hydrogen-bond acceptors (Lipinski definition) is 4. The molecular formula is C14H16FN3O2. The largest absolute Gasteiger partial charge is 0.436 e.